The maximum atomic E-state index is 16.2. The van der Waals surface area contributed by atoms with Gasteiger partial charge in [-0.05, 0) is 63.1 Å². The number of nitrogens with one attached hydrogen (secondary N) is 1. The zero-order valence-corrected chi connectivity index (χ0v) is 21.1. The molecule has 1 aromatic carbocycles. The fourth-order valence-corrected chi connectivity index (χ4v) is 6.41. The van der Waals surface area contributed by atoms with Crippen LogP contribution in [0.2, 0.25) is 0 Å². The second-order valence-electron chi connectivity index (χ2n) is 10.8. The Morgan fingerprint density at radius 1 is 1.22 bits per heavy atom. The lowest BCUT2D eigenvalue weighted by Gasteiger charge is -2.36. The minimum absolute atomic E-state index is 0.0811. The summed E-state index contributed by atoms with van der Waals surface area (Å²) in [5.74, 6) is -0.180. The lowest BCUT2D eigenvalue weighted by atomic mass is 9.70. The zero-order chi connectivity index (χ0) is 25.7. The summed E-state index contributed by atoms with van der Waals surface area (Å²) in [6.07, 6.45) is 10.9. The highest BCUT2D eigenvalue weighted by molar-refractivity contribution is 6.01. The molecule has 8 nitrogen and oxygen atoms in total. The number of nitrogen functional groups attached to an aromatic ring is 1. The molecule has 3 aromatic rings. The van der Waals surface area contributed by atoms with E-state index in [1.165, 1.54) is 0 Å². The number of nitrogens with zero attached hydrogens (tertiary/aromatic N) is 4. The summed E-state index contributed by atoms with van der Waals surface area (Å²) in [7, 11) is 1.85. The number of piperidine rings is 1. The first-order valence-electron chi connectivity index (χ1n) is 13.2. The number of rotatable bonds is 3. The quantitative estimate of drug-likeness (QED) is 0.462. The number of fused-ring (bicyclic) bond motifs is 2. The van der Waals surface area contributed by atoms with Crippen molar-refractivity contribution in [2.24, 2.45) is 7.05 Å². The van der Waals surface area contributed by atoms with Crippen LogP contribution in [0.15, 0.2) is 36.8 Å². The Bertz CT molecular complexity index is 1350. The predicted octanol–water partition coefficient (Wildman–Crippen LogP) is 4.17. The lowest BCUT2D eigenvalue weighted by molar-refractivity contribution is 0.0608. The van der Waals surface area contributed by atoms with Crippen LogP contribution >= 0.6 is 0 Å². The number of amides is 1. The third-order valence-electron chi connectivity index (χ3n) is 8.54. The number of hydrogen-bond acceptors (Lipinski definition) is 6. The SMILES string of the molecule is Cn1cc([C@H]2CCCCN2C(=O)c2c(N)ccc(-c3cnc4c(c3)C3(CCC(O)CC3)CN4)c2F)cn1. The molecular formula is C28H33FN6O2. The molecule has 3 aliphatic rings. The molecule has 2 fully saturated rings. The Labute approximate surface area is 215 Å². The minimum Gasteiger partial charge on any atom is -0.398 e. The molecule has 1 saturated heterocycles. The third-order valence-corrected chi connectivity index (χ3v) is 8.54. The van der Waals surface area contributed by atoms with Crippen LogP contribution in [0.5, 0.6) is 0 Å². The van der Waals surface area contributed by atoms with Crippen LogP contribution in [0.25, 0.3) is 11.1 Å². The van der Waals surface area contributed by atoms with E-state index < -0.39 is 5.82 Å². The molecular weight excluding hydrogens is 471 g/mol. The van der Waals surface area contributed by atoms with Crippen molar-refractivity contribution in [1.29, 1.82) is 0 Å². The number of aliphatic hydroxyl groups is 1. The molecule has 1 spiro atoms. The van der Waals surface area contributed by atoms with Gasteiger partial charge in [0.1, 0.15) is 11.6 Å². The number of anilines is 2. The molecule has 1 saturated carbocycles. The summed E-state index contributed by atoms with van der Waals surface area (Å²) >= 11 is 0. The molecule has 0 unspecified atom stereocenters. The molecule has 2 aromatic heterocycles. The maximum absolute atomic E-state index is 16.2. The molecule has 9 heteroatoms. The molecule has 4 N–H and O–H groups in total. The summed E-state index contributed by atoms with van der Waals surface area (Å²) in [6.45, 7) is 1.31. The van der Waals surface area contributed by atoms with Crippen LogP contribution in [0, 0.1) is 5.82 Å². The van der Waals surface area contributed by atoms with Gasteiger partial charge in [0, 0.05) is 65.9 Å². The summed E-state index contributed by atoms with van der Waals surface area (Å²) in [6, 6.07) is 5.10. The zero-order valence-electron chi connectivity index (χ0n) is 21.1. The first-order valence-corrected chi connectivity index (χ1v) is 13.2. The number of likely N-dealkylation sites (tertiary alicyclic amines) is 1. The number of halogens is 1. The van der Waals surface area contributed by atoms with Gasteiger partial charge in [-0.1, -0.05) is 0 Å². The number of nitrogens with two attached hydrogens (primary N) is 1. The van der Waals surface area contributed by atoms with Crippen LogP contribution in [0.1, 0.15) is 72.5 Å². The van der Waals surface area contributed by atoms with E-state index in [4.69, 9.17) is 5.73 Å². The Morgan fingerprint density at radius 3 is 2.78 bits per heavy atom. The second-order valence-corrected chi connectivity index (χ2v) is 10.8. The van der Waals surface area contributed by atoms with Crippen molar-refractivity contribution in [1.82, 2.24) is 19.7 Å². The van der Waals surface area contributed by atoms with E-state index in [2.05, 4.69) is 15.4 Å². The largest absolute Gasteiger partial charge is 0.398 e. The van der Waals surface area contributed by atoms with Gasteiger partial charge in [-0.15, -0.1) is 0 Å². The van der Waals surface area contributed by atoms with Crippen molar-refractivity contribution in [3.63, 3.8) is 0 Å². The van der Waals surface area contributed by atoms with Crippen molar-refractivity contribution in [3.05, 3.63) is 59.3 Å². The van der Waals surface area contributed by atoms with Crippen molar-refractivity contribution < 1.29 is 14.3 Å². The highest BCUT2D eigenvalue weighted by Crippen LogP contribution is 2.47. The highest BCUT2D eigenvalue weighted by Gasteiger charge is 2.42. The van der Waals surface area contributed by atoms with Crippen LogP contribution in [0.3, 0.4) is 0 Å². The number of aliphatic hydroxyl groups excluding tert-OH is 1. The maximum Gasteiger partial charge on any atom is 0.259 e. The third kappa shape index (κ3) is 4.05. The summed E-state index contributed by atoms with van der Waals surface area (Å²) in [5, 5.41) is 17.7. The van der Waals surface area contributed by atoms with Crippen molar-refractivity contribution >= 4 is 17.4 Å². The Balaban J connectivity index is 1.36. The molecule has 0 radical (unpaired) electrons. The van der Waals surface area contributed by atoms with Crippen LogP contribution in [-0.4, -0.2) is 49.9 Å². The minimum atomic E-state index is -0.610. The van der Waals surface area contributed by atoms with Gasteiger partial charge in [0.15, 0.2) is 0 Å². The van der Waals surface area contributed by atoms with E-state index in [1.54, 1.807) is 34.1 Å². The molecule has 194 valence electrons. The number of carbonyl (C=O) groups is 1. The molecule has 1 amide bonds. The van der Waals surface area contributed by atoms with Crippen LogP contribution < -0.4 is 11.1 Å². The summed E-state index contributed by atoms with van der Waals surface area (Å²) in [4.78, 5) is 20.2. The van der Waals surface area contributed by atoms with Gasteiger partial charge in [0.25, 0.3) is 5.91 Å². The molecule has 6 rings (SSSR count). The van der Waals surface area contributed by atoms with E-state index in [9.17, 15) is 9.90 Å². The monoisotopic (exact) mass is 504 g/mol. The van der Waals surface area contributed by atoms with E-state index >= 15 is 4.39 Å². The number of carbonyl (C=O) groups excluding carboxylic acids is 1. The summed E-state index contributed by atoms with van der Waals surface area (Å²) in [5.41, 5.74) is 9.13. The van der Waals surface area contributed by atoms with E-state index in [0.29, 0.717) is 17.7 Å². The smallest absolute Gasteiger partial charge is 0.259 e. The normalized spacial score (nSPS) is 25.2. The van der Waals surface area contributed by atoms with Gasteiger partial charge < -0.3 is 21.1 Å². The molecule has 4 heterocycles. The number of pyridine rings is 1. The average Bonchev–Trinajstić information content (AvgIpc) is 3.49. The molecule has 1 atom stereocenters. The first-order chi connectivity index (χ1) is 17.9. The second kappa shape index (κ2) is 9.13. The lowest BCUT2D eigenvalue weighted by Crippen LogP contribution is -2.39. The van der Waals surface area contributed by atoms with Gasteiger partial charge in [0.2, 0.25) is 0 Å². The Morgan fingerprint density at radius 2 is 2.03 bits per heavy atom. The van der Waals surface area contributed by atoms with Gasteiger partial charge in [-0.3, -0.25) is 9.48 Å². The van der Waals surface area contributed by atoms with Gasteiger partial charge >= 0.3 is 0 Å². The van der Waals surface area contributed by atoms with Crippen molar-refractivity contribution in [2.45, 2.75) is 62.5 Å². The average molecular weight is 505 g/mol. The number of benzene rings is 1. The van der Waals surface area contributed by atoms with Gasteiger partial charge in [0.05, 0.1) is 23.9 Å². The van der Waals surface area contributed by atoms with E-state index in [1.807, 2.05) is 19.3 Å². The van der Waals surface area contributed by atoms with Crippen molar-refractivity contribution in [3.8, 4) is 11.1 Å². The van der Waals surface area contributed by atoms with Crippen LogP contribution in [0.4, 0.5) is 15.9 Å². The topological polar surface area (TPSA) is 109 Å². The Hall–Kier alpha value is -3.46. The number of aromatic nitrogens is 3. The summed E-state index contributed by atoms with van der Waals surface area (Å²) < 4.78 is 17.9. The van der Waals surface area contributed by atoms with Crippen molar-refractivity contribution in [2.75, 3.05) is 24.1 Å². The standard InChI is InChI=1S/C28H33FN6O2/c1-34-15-18(14-33-34)23-4-2-3-11-35(23)27(37)24-22(30)6-5-20(25(24)29)17-12-21-26(31-13-17)32-16-28(21)9-7-19(36)8-10-28/h5-6,12-15,19,23,36H,2-4,7-11,16,30H2,1H3,(H,31,32)/t19?,23-,28?/m1/s1. The van der Waals surface area contributed by atoms with Gasteiger partial charge in [-0.2, -0.15) is 5.10 Å². The van der Waals surface area contributed by atoms with Gasteiger partial charge in [-0.25, -0.2) is 9.37 Å². The number of hydrogen-bond donors (Lipinski definition) is 3. The molecule has 37 heavy (non-hydrogen) atoms. The number of aryl methyl sites for hydroxylation is 1. The Kier molecular flexibility index (Phi) is 5.90. The highest BCUT2D eigenvalue weighted by atomic mass is 19.1. The molecule has 0 bridgehead atoms. The fourth-order valence-electron chi connectivity index (χ4n) is 6.41. The van der Waals surface area contributed by atoms with Crippen LogP contribution in [-0.2, 0) is 12.5 Å². The predicted molar refractivity (Wildman–Crippen MR) is 140 cm³/mol. The van der Waals surface area contributed by atoms with E-state index in [-0.39, 0.29) is 34.7 Å². The first kappa shape index (κ1) is 23.9. The molecule has 2 aliphatic heterocycles. The fraction of sp³-hybridized carbons (Fsp3) is 0.464. The molecule has 1 aliphatic carbocycles. The van der Waals surface area contributed by atoms with E-state index in [0.717, 1.165) is 68.4 Å².